The molecule has 1 heterocycles. The highest BCUT2D eigenvalue weighted by Crippen LogP contribution is 2.66. The molecule has 1 aliphatic heterocycles. The van der Waals surface area contributed by atoms with Gasteiger partial charge in [-0.3, -0.25) is 24.5 Å². The van der Waals surface area contributed by atoms with Crippen LogP contribution in [-0.2, 0) is 18.7 Å². The summed E-state index contributed by atoms with van der Waals surface area (Å²) in [5, 5.41) is 11.7. The number of hydrogen-bond acceptors (Lipinski definition) is 6. The largest absolute Gasteiger partial charge is 0.419 e. The van der Waals surface area contributed by atoms with Gasteiger partial charge in [0.15, 0.2) is 0 Å². The van der Waals surface area contributed by atoms with Crippen LogP contribution in [0.15, 0.2) is 66.7 Å². The number of rotatable bonds is 3. The Balaban J connectivity index is 1.52. The SMILES string of the molecule is CC(=O)Oc1ccc(N2C(=O)[C@@H]3[C@@H](C2=O)C2c4ccccc4C3(Br)c3ccccc32)cc1[N+](=O)[O-]. The van der Waals surface area contributed by atoms with Gasteiger partial charge in [-0.25, -0.2) is 4.90 Å². The summed E-state index contributed by atoms with van der Waals surface area (Å²) in [5.41, 5.74) is 3.44. The number of nitro groups is 1. The number of amides is 2. The van der Waals surface area contributed by atoms with Crippen LogP contribution in [0.2, 0.25) is 0 Å². The maximum atomic E-state index is 13.9. The van der Waals surface area contributed by atoms with Crippen LogP contribution in [0, 0.1) is 22.0 Å². The number of alkyl halides is 1. The molecule has 1 saturated heterocycles. The predicted molar refractivity (Wildman–Crippen MR) is 128 cm³/mol. The summed E-state index contributed by atoms with van der Waals surface area (Å²) in [5.74, 6) is -3.51. The molecule has 3 aromatic carbocycles. The van der Waals surface area contributed by atoms with Crippen molar-refractivity contribution < 1.29 is 24.0 Å². The van der Waals surface area contributed by atoms with Gasteiger partial charge in [0, 0.05) is 18.9 Å². The third-order valence-electron chi connectivity index (χ3n) is 7.17. The van der Waals surface area contributed by atoms with Crippen molar-refractivity contribution in [2.24, 2.45) is 11.8 Å². The molecule has 8 nitrogen and oxygen atoms in total. The van der Waals surface area contributed by atoms with Gasteiger partial charge in [0.05, 0.1) is 26.8 Å². The molecule has 0 unspecified atom stereocenters. The number of benzene rings is 3. The van der Waals surface area contributed by atoms with Crippen molar-refractivity contribution in [1.29, 1.82) is 0 Å². The van der Waals surface area contributed by atoms with E-state index in [4.69, 9.17) is 4.74 Å². The van der Waals surface area contributed by atoms with Crippen LogP contribution in [-0.4, -0.2) is 22.7 Å². The van der Waals surface area contributed by atoms with Gasteiger partial charge in [0.2, 0.25) is 17.6 Å². The molecule has 0 spiro atoms. The van der Waals surface area contributed by atoms with E-state index in [9.17, 15) is 24.5 Å². The van der Waals surface area contributed by atoms with Crippen LogP contribution in [0.5, 0.6) is 5.75 Å². The van der Waals surface area contributed by atoms with Gasteiger partial charge in [-0.15, -0.1) is 0 Å². The molecule has 3 aromatic rings. The molecular weight excluding hydrogens is 516 g/mol. The van der Waals surface area contributed by atoms with E-state index >= 15 is 0 Å². The maximum Gasteiger partial charge on any atom is 0.313 e. The number of nitrogens with zero attached hydrogens (tertiary/aromatic N) is 2. The lowest BCUT2D eigenvalue weighted by molar-refractivity contribution is -0.385. The second-order valence-corrected chi connectivity index (χ2v) is 10.1. The third kappa shape index (κ3) is 2.75. The fourth-order valence-electron chi connectivity index (χ4n) is 5.96. The van der Waals surface area contributed by atoms with Crippen molar-refractivity contribution in [3.63, 3.8) is 0 Å². The first-order chi connectivity index (χ1) is 16.7. The maximum absolute atomic E-state index is 13.9. The standard InChI is InChI=1S/C26H17BrN2O6/c1-13(30)35-20-11-10-14(12-19(20)29(33)34)28-24(31)22-21-15-6-2-4-8-17(15)26(27,23(22)25(28)32)18-9-5-3-7-16(18)21/h2-12,21-23H,1H3/t21?,22-,23-,26?/m0/s1. The Kier molecular flexibility index (Phi) is 4.53. The van der Waals surface area contributed by atoms with Crippen molar-refractivity contribution in [2.45, 2.75) is 17.2 Å². The molecule has 1 fully saturated rings. The normalized spacial score (nSPS) is 25.7. The van der Waals surface area contributed by atoms with E-state index in [1.807, 2.05) is 48.5 Å². The molecule has 0 radical (unpaired) electrons. The van der Waals surface area contributed by atoms with E-state index in [0.717, 1.165) is 40.1 Å². The average molecular weight is 533 g/mol. The van der Waals surface area contributed by atoms with Crippen LogP contribution in [0.1, 0.15) is 35.1 Å². The fraction of sp³-hybridized carbons (Fsp3) is 0.192. The second-order valence-electron chi connectivity index (χ2n) is 8.88. The molecule has 2 bridgehead atoms. The molecular formula is C26H17BrN2O6. The number of esters is 1. The van der Waals surface area contributed by atoms with E-state index in [-0.39, 0.29) is 17.4 Å². The van der Waals surface area contributed by atoms with Gasteiger partial charge in [0.25, 0.3) is 0 Å². The van der Waals surface area contributed by atoms with Crippen LogP contribution in [0.4, 0.5) is 11.4 Å². The van der Waals surface area contributed by atoms with E-state index in [0.29, 0.717) is 0 Å². The molecule has 2 atom stereocenters. The number of anilines is 1. The highest BCUT2D eigenvalue weighted by Gasteiger charge is 2.67. The van der Waals surface area contributed by atoms with Crippen LogP contribution in [0.3, 0.4) is 0 Å². The number of ether oxygens (including phenoxy) is 1. The molecule has 0 N–H and O–H groups in total. The number of carbonyl (C=O) groups excluding carboxylic acids is 3. The molecule has 0 aromatic heterocycles. The molecule has 174 valence electrons. The topological polar surface area (TPSA) is 107 Å². The minimum absolute atomic E-state index is 0.0700. The smallest absolute Gasteiger partial charge is 0.313 e. The summed E-state index contributed by atoms with van der Waals surface area (Å²) in [4.78, 5) is 51.2. The molecule has 35 heavy (non-hydrogen) atoms. The summed E-state index contributed by atoms with van der Waals surface area (Å²) in [6, 6.07) is 19.3. The van der Waals surface area contributed by atoms with E-state index in [1.54, 1.807) is 0 Å². The Morgan fingerprint density at radius 1 is 1.00 bits per heavy atom. The minimum Gasteiger partial charge on any atom is -0.419 e. The average Bonchev–Trinajstić information content (AvgIpc) is 3.11. The van der Waals surface area contributed by atoms with Gasteiger partial charge in [0.1, 0.15) is 0 Å². The van der Waals surface area contributed by atoms with Gasteiger partial charge < -0.3 is 4.74 Å². The number of hydrogen-bond donors (Lipinski definition) is 0. The molecule has 4 aliphatic rings. The number of nitro benzene ring substituents is 1. The van der Waals surface area contributed by atoms with Crippen LogP contribution < -0.4 is 9.64 Å². The summed E-state index contributed by atoms with van der Waals surface area (Å²) in [6.45, 7) is 1.14. The van der Waals surface area contributed by atoms with Gasteiger partial charge in [-0.1, -0.05) is 64.5 Å². The predicted octanol–water partition coefficient (Wildman–Crippen LogP) is 4.42. The highest BCUT2D eigenvalue weighted by molar-refractivity contribution is 9.09. The van der Waals surface area contributed by atoms with Crippen LogP contribution >= 0.6 is 15.9 Å². The third-order valence-corrected chi connectivity index (χ3v) is 8.51. The lowest BCUT2D eigenvalue weighted by Crippen LogP contribution is -2.50. The number of halogens is 1. The van der Waals surface area contributed by atoms with Crippen molar-refractivity contribution >= 4 is 45.1 Å². The Labute approximate surface area is 207 Å². The first-order valence-corrected chi connectivity index (χ1v) is 11.8. The Morgan fingerprint density at radius 3 is 2.17 bits per heavy atom. The summed E-state index contributed by atoms with van der Waals surface area (Å²) in [6.07, 6.45) is 0. The van der Waals surface area contributed by atoms with E-state index < -0.39 is 44.6 Å². The molecule has 0 saturated carbocycles. The van der Waals surface area contributed by atoms with Crippen molar-refractivity contribution in [3.8, 4) is 5.75 Å². The van der Waals surface area contributed by atoms with E-state index in [1.165, 1.54) is 12.1 Å². The van der Waals surface area contributed by atoms with Gasteiger partial charge in [-0.05, 0) is 34.4 Å². The zero-order valence-corrected chi connectivity index (χ0v) is 19.9. The van der Waals surface area contributed by atoms with E-state index in [2.05, 4.69) is 15.9 Å². The monoisotopic (exact) mass is 532 g/mol. The zero-order valence-electron chi connectivity index (χ0n) is 18.3. The second kappa shape index (κ2) is 7.32. The zero-order chi connectivity index (χ0) is 24.6. The Bertz CT molecular complexity index is 1440. The van der Waals surface area contributed by atoms with Gasteiger partial charge >= 0.3 is 11.7 Å². The first kappa shape index (κ1) is 21.7. The molecule has 3 aliphatic carbocycles. The number of carbonyl (C=O) groups is 3. The lowest BCUT2D eigenvalue weighted by atomic mass is 9.55. The van der Waals surface area contributed by atoms with Crippen molar-refractivity contribution in [1.82, 2.24) is 0 Å². The lowest BCUT2D eigenvalue weighted by Gasteiger charge is -2.51. The molecule has 9 heteroatoms. The Morgan fingerprint density at radius 2 is 1.60 bits per heavy atom. The van der Waals surface area contributed by atoms with Crippen molar-refractivity contribution in [2.75, 3.05) is 4.90 Å². The Hall–Kier alpha value is -3.85. The first-order valence-electron chi connectivity index (χ1n) is 11.0. The summed E-state index contributed by atoms with van der Waals surface area (Å²) in [7, 11) is 0. The molecule has 2 amide bonds. The van der Waals surface area contributed by atoms with Crippen LogP contribution in [0.25, 0.3) is 0 Å². The summed E-state index contributed by atoms with van der Waals surface area (Å²) < 4.78 is 4.03. The summed E-state index contributed by atoms with van der Waals surface area (Å²) >= 11 is 3.92. The van der Waals surface area contributed by atoms with Crippen molar-refractivity contribution in [3.05, 3.63) is 99.1 Å². The quantitative estimate of drug-likeness (QED) is 0.123. The number of imide groups is 1. The van der Waals surface area contributed by atoms with Gasteiger partial charge in [-0.2, -0.15) is 0 Å². The fourth-order valence-corrected chi connectivity index (χ4v) is 7.17. The highest BCUT2D eigenvalue weighted by atomic mass is 79.9. The minimum atomic E-state index is -0.912. The molecule has 7 rings (SSSR count).